The summed E-state index contributed by atoms with van der Waals surface area (Å²) in [6.07, 6.45) is 10.1. The first kappa shape index (κ1) is 53.3. The third kappa shape index (κ3) is 11.0. The molecule has 5 heterocycles. The van der Waals surface area contributed by atoms with Crippen molar-refractivity contribution in [2.45, 2.75) is 127 Å². The molecule has 11 rings (SSSR count). The summed E-state index contributed by atoms with van der Waals surface area (Å²) in [7, 11) is -2.87. The zero-order valence-corrected chi connectivity index (χ0v) is 46.3. The molecule has 0 radical (unpaired) electrons. The molecule has 18 heteroatoms. The smallest absolute Gasteiger partial charge is 0.293 e. The third-order valence-electron chi connectivity index (χ3n) is 17.2. The number of aromatic amines is 1. The van der Waals surface area contributed by atoms with Gasteiger partial charge in [-0.3, -0.25) is 24.7 Å². The molecule has 4 aromatic carbocycles. The highest BCUT2D eigenvalue weighted by atomic mass is 32.2. The van der Waals surface area contributed by atoms with Crippen LogP contribution in [0.2, 0.25) is 0 Å². The van der Waals surface area contributed by atoms with E-state index < -0.39 is 37.0 Å². The first-order chi connectivity index (χ1) is 37.2. The Kier molecular flexibility index (Phi) is 14.2. The van der Waals surface area contributed by atoms with Gasteiger partial charge in [-0.2, -0.15) is 0 Å². The van der Waals surface area contributed by atoms with Gasteiger partial charge in [0.05, 0.1) is 34.3 Å². The molecule has 17 nitrogen and oxygen atoms in total. The Balaban J connectivity index is 0.787. The maximum atomic E-state index is 14.1. The number of aliphatic hydroxyl groups is 1. The number of nitro groups is 1. The number of piperazine rings is 1. The molecule has 0 bridgehead atoms. The van der Waals surface area contributed by atoms with Crippen molar-refractivity contribution in [2.75, 3.05) is 56.6 Å². The van der Waals surface area contributed by atoms with E-state index in [0.717, 1.165) is 106 Å². The molecule has 2 saturated heterocycles. The lowest BCUT2D eigenvalue weighted by molar-refractivity contribution is -0.384. The van der Waals surface area contributed by atoms with Gasteiger partial charge in [0.1, 0.15) is 28.4 Å². The molecule has 4 N–H and O–H groups in total. The molecular formula is C60H72N8O9S. The summed E-state index contributed by atoms with van der Waals surface area (Å²) in [5.74, 6) is 1.78. The molecule has 412 valence electrons. The Hall–Kier alpha value is -6.73. The number of nitrogens with one attached hydrogen (secondary N) is 3. The van der Waals surface area contributed by atoms with E-state index in [1.165, 1.54) is 40.6 Å². The second-order valence-corrected chi connectivity index (χ2v) is 25.6. The Morgan fingerprint density at radius 3 is 2.51 bits per heavy atom. The Labute approximate surface area is 456 Å². The lowest BCUT2D eigenvalue weighted by Crippen LogP contribution is -2.68. The Bertz CT molecular complexity index is 3340. The van der Waals surface area contributed by atoms with Gasteiger partial charge in [0.2, 0.25) is 0 Å². The summed E-state index contributed by atoms with van der Waals surface area (Å²) >= 11 is 0. The SMILES string of the molecule is COc1cc(CN2CCN(C3CC4(C3)CN(c3ccc(C(=O)NS(=O)(=O)c5ccc(NC[C@H]6CC[C@](C)(O)CC6)c([N+](=O)[O-])c5)c(Oc5cnc6[nH]ccc6c5)c3)C4)[C@H](c3ccccc3C(C)C)C2)cc2c1OC(C)(C)CC2. The maximum Gasteiger partial charge on any atom is 0.293 e. The van der Waals surface area contributed by atoms with Crippen molar-refractivity contribution in [3.8, 4) is 23.0 Å². The first-order valence-corrected chi connectivity index (χ1v) is 29.0. The van der Waals surface area contributed by atoms with E-state index >= 15 is 0 Å². The Morgan fingerprint density at radius 2 is 1.76 bits per heavy atom. The molecule has 0 unspecified atom stereocenters. The number of carbonyl (C=O) groups excluding carboxylic acids is 1. The van der Waals surface area contributed by atoms with E-state index in [0.29, 0.717) is 42.7 Å². The number of fused-ring (bicyclic) bond motifs is 2. The van der Waals surface area contributed by atoms with Gasteiger partial charge in [-0.1, -0.05) is 44.2 Å². The van der Waals surface area contributed by atoms with E-state index in [2.05, 4.69) is 98.8 Å². The number of carbonyl (C=O) groups is 1. The van der Waals surface area contributed by atoms with E-state index in [1.807, 2.05) is 19.1 Å². The van der Waals surface area contributed by atoms with Crippen LogP contribution in [0.25, 0.3) is 11.0 Å². The van der Waals surface area contributed by atoms with Crippen molar-refractivity contribution in [3.05, 3.63) is 135 Å². The number of H-pyrrole nitrogens is 1. The fraction of sp³-hybridized carbons (Fsp3) is 0.467. The number of methoxy groups -OCH3 is 1. The predicted octanol–water partition coefficient (Wildman–Crippen LogP) is 10.5. The Morgan fingerprint density at radius 1 is 0.974 bits per heavy atom. The van der Waals surface area contributed by atoms with Crippen LogP contribution in [0.5, 0.6) is 23.0 Å². The van der Waals surface area contributed by atoms with E-state index in [9.17, 15) is 28.4 Å². The van der Waals surface area contributed by atoms with Crippen molar-refractivity contribution in [1.29, 1.82) is 0 Å². The summed E-state index contributed by atoms with van der Waals surface area (Å²) in [6.45, 7) is 16.4. The molecule has 2 aromatic heterocycles. The zero-order chi connectivity index (χ0) is 54.7. The van der Waals surface area contributed by atoms with Crippen LogP contribution in [0.3, 0.4) is 0 Å². The largest absolute Gasteiger partial charge is 0.493 e. The summed E-state index contributed by atoms with van der Waals surface area (Å²) in [5.41, 5.74) is 5.62. The summed E-state index contributed by atoms with van der Waals surface area (Å²) in [5, 5.41) is 26.5. The number of aromatic nitrogens is 2. The minimum atomic E-state index is -4.60. The van der Waals surface area contributed by atoms with Crippen LogP contribution in [-0.2, 0) is 23.0 Å². The lowest BCUT2D eigenvalue weighted by atomic mass is 9.59. The van der Waals surface area contributed by atoms with Gasteiger partial charge < -0.3 is 34.5 Å². The van der Waals surface area contributed by atoms with Crippen LogP contribution in [0.15, 0.2) is 102 Å². The third-order valence-corrected chi connectivity index (χ3v) is 18.5. The molecule has 2 aliphatic carbocycles. The standard InChI is InChI=1S/C60H72N8O9S/c1-38(2)47-9-7-8-10-48(47)52-35-65(34-40-25-41-17-19-58(3,4)77-55(41)54(26-40)75-6)23-24-67(52)44-30-60(31-44)36-66(37-60)43-11-13-49(53(28-43)76-45-27-42-18-22-61-56(42)63-33-45)57(69)64-78(73,74)46-12-14-50(51(29-46)68(71)72)62-32-39-15-20-59(5,70)21-16-39/h7-14,18,22,25-29,33,38-39,44,52,62,70H,15-17,19-21,23-24,30-32,34-37H2,1-6H3,(H,61,63)(H,64,69)/t39-,52-,59-/m0/s1. The van der Waals surface area contributed by atoms with Gasteiger partial charge in [-0.25, -0.2) is 18.1 Å². The highest BCUT2D eigenvalue weighted by Crippen LogP contribution is 2.54. The topological polar surface area (TPSA) is 205 Å². The molecule has 3 aliphatic heterocycles. The van der Waals surface area contributed by atoms with Gasteiger partial charge >= 0.3 is 0 Å². The van der Waals surface area contributed by atoms with Gasteiger partial charge in [-0.15, -0.1) is 0 Å². The van der Waals surface area contributed by atoms with Gasteiger partial charge in [-0.05, 0) is 149 Å². The highest BCUT2D eigenvalue weighted by molar-refractivity contribution is 7.90. The first-order valence-electron chi connectivity index (χ1n) is 27.5. The van der Waals surface area contributed by atoms with Gasteiger partial charge in [0.15, 0.2) is 11.5 Å². The normalized spacial score (nSPS) is 22.3. The second kappa shape index (κ2) is 20.8. The monoisotopic (exact) mass is 1080 g/mol. The quantitative estimate of drug-likeness (QED) is 0.0526. The molecule has 2 saturated carbocycles. The maximum absolute atomic E-state index is 14.1. The number of pyridine rings is 1. The molecule has 5 aliphatic rings. The number of ether oxygens (including phenoxy) is 3. The number of benzene rings is 4. The number of aryl methyl sites for hydroxylation is 1. The fourth-order valence-corrected chi connectivity index (χ4v) is 13.8. The van der Waals surface area contributed by atoms with Crippen molar-refractivity contribution >= 4 is 44.0 Å². The average molecular weight is 1080 g/mol. The highest BCUT2D eigenvalue weighted by Gasteiger charge is 2.55. The minimum Gasteiger partial charge on any atom is -0.493 e. The summed E-state index contributed by atoms with van der Waals surface area (Å²) in [6, 6.07) is 26.4. The minimum absolute atomic E-state index is 0.0367. The summed E-state index contributed by atoms with van der Waals surface area (Å²) < 4.78 is 48.6. The summed E-state index contributed by atoms with van der Waals surface area (Å²) in [4.78, 5) is 40.5. The second-order valence-electron chi connectivity index (χ2n) is 23.9. The number of anilines is 2. The molecule has 1 spiro atoms. The van der Waals surface area contributed by atoms with Crippen molar-refractivity contribution in [3.63, 3.8) is 0 Å². The molecular weight excluding hydrogens is 1010 g/mol. The zero-order valence-electron chi connectivity index (χ0n) is 45.5. The van der Waals surface area contributed by atoms with Crippen LogP contribution in [0, 0.1) is 21.4 Å². The average Bonchev–Trinajstić information content (AvgIpc) is 4.00. The van der Waals surface area contributed by atoms with E-state index in [-0.39, 0.29) is 40.0 Å². The lowest BCUT2D eigenvalue weighted by Gasteiger charge is -2.63. The van der Waals surface area contributed by atoms with Crippen LogP contribution >= 0.6 is 0 Å². The van der Waals surface area contributed by atoms with E-state index in [4.69, 9.17) is 14.2 Å². The molecule has 1 atom stereocenters. The van der Waals surface area contributed by atoms with Crippen LogP contribution in [-0.4, -0.2) is 108 Å². The fourth-order valence-electron chi connectivity index (χ4n) is 12.8. The number of hydrogen-bond acceptors (Lipinski definition) is 14. The van der Waals surface area contributed by atoms with Crippen LogP contribution < -0.4 is 29.1 Å². The molecule has 78 heavy (non-hydrogen) atoms. The number of hydrogen-bond donors (Lipinski definition) is 4. The van der Waals surface area contributed by atoms with Crippen LogP contribution in [0.1, 0.15) is 124 Å². The number of amides is 1. The van der Waals surface area contributed by atoms with Crippen LogP contribution in [0.4, 0.5) is 17.1 Å². The van der Waals surface area contributed by atoms with Gasteiger partial charge in [0, 0.05) is 92.7 Å². The number of rotatable bonds is 16. The molecule has 1 amide bonds. The molecule has 6 aromatic rings. The number of nitro benzene ring substituents is 1. The van der Waals surface area contributed by atoms with E-state index in [1.54, 1.807) is 31.5 Å². The number of sulfonamides is 1. The van der Waals surface area contributed by atoms with Crippen molar-refractivity contribution in [1.82, 2.24) is 24.5 Å². The predicted molar refractivity (Wildman–Crippen MR) is 300 cm³/mol. The van der Waals surface area contributed by atoms with Crippen molar-refractivity contribution in [2.24, 2.45) is 11.3 Å². The van der Waals surface area contributed by atoms with Crippen molar-refractivity contribution < 1.29 is 37.5 Å². The number of nitrogens with zero attached hydrogens (tertiary/aromatic N) is 5. The molecule has 4 fully saturated rings. The van der Waals surface area contributed by atoms with Gasteiger partial charge in [0.25, 0.3) is 21.6 Å².